The molecule has 1 atom stereocenters. The number of nitrogens with zero attached hydrogens (tertiary/aromatic N) is 4. The molecule has 0 bridgehead atoms. The quantitative estimate of drug-likeness (QED) is 0.736. The Morgan fingerprint density at radius 3 is 2.54 bits per heavy atom. The van der Waals surface area contributed by atoms with E-state index in [1.54, 1.807) is 29.4 Å². The van der Waals surface area contributed by atoms with E-state index in [2.05, 4.69) is 15.1 Å². The van der Waals surface area contributed by atoms with Crippen LogP contribution in [0.25, 0.3) is 11.3 Å². The fourth-order valence-electron chi connectivity index (χ4n) is 2.10. The lowest BCUT2D eigenvalue weighted by atomic mass is 10.2. The average molecular weight is 343 g/mol. The lowest BCUT2D eigenvalue weighted by Gasteiger charge is -2.05. The third-order valence-electron chi connectivity index (χ3n) is 3.22. The first-order valence-electron chi connectivity index (χ1n) is 7.67. The van der Waals surface area contributed by atoms with E-state index in [9.17, 15) is 4.21 Å². The Hall–Kier alpha value is -2.54. The summed E-state index contributed by atoms with van der Waals surface area (Å²) >= 11 is 0. The summed E-state index contributed by atoms with van der Waals surface area (Å²) in [5.74, 6) is 0.524. The smallest absolute Gasteiger partial charge is 0.218 e. The van der Waals surface area contributed by atoms with Gasteiger partial charge >= 0.3 is 0 Å². The van der Waals surface area contributed by atoms with Crippen molar-refractivity contribution in [1.82, 2.24) is 19.7 Å². The number of nitrogen functional groups attached to an aromatic ring is 1. The zero-order valence-electron chi connectivity index (χ0n) is 14.0. The number of anilines is 1. The van der Waals surface area contributed by atoms with E-state index in [1.807, 2.05) is 44.2 Å². The molecule has 1 unspecified atom stereocenters. The van der Waals surface area contributed by atoms with Gasteiger partial charge in [-0.05, 0) is 11.6 Å². The molecule has 0 saturated heterocycles. The molecule has 0 aliphatic heterocycles. The molecule has 0 amide bonds. The highest BCUT2D eigenvalue weighted by molar-refractivity contribution is 7.84. The number of nitrogens with two attached hydrogens (primary N) is 1. The number of aromatic nitrogens is 4. The van der Waals surface area contributed by atoms with Crippen LogP contribution in [-0.2, 0) is 17.3 Å². The van der Waals surface area contributed by atoms with Crippen LogP contribution in [0, 0.1) is 0 Å². The van der Waals surface area contributed by atoms with Crippen LogP contribution in [0.4, 0.5) is 5.82 Å². The standard InChI is InChI=1S/C15H15N5OS.C2H6/c1-22(21)15-17-8-7-13(19-15)12-9-18-20(14(12)16)10-11-5-3-2-4-6-11;1-2/h2-9H,10,16H2,1H3;1-2H3. The fourth-order valence-corrected chi connectivity index (χ4v) is 2.54. The molecule has 2 N–H and O–H groups in total. The second-order valence-corrected chi connectivity index (χ2v) is 6.04. The monoisotopic (exact) mass is 343 g/mol. The van der Waals surface area contributed by atoms with Crippen molar-refractivity contribution in [2.75, 3.05) is 12.0 Å². The van der Waals surface area contributed by atoms with Gasteiger partial charge in [0, 0.05) is 12.5 Å². The maximum atomic E-state index is 11.5. The van der Waals surface area contributed by atoms with E-state index < -0.39 is 10.8 Å². The van der Waals surface area contributed by atoms with Crippen LogP contribution < -0.4 is 5.73 Å². The van der Waals surface area contributed by atoms with Gasteiger partial charge in [-0.25, -0.2) is 14.6 Å². The van der Waals surface area contributed by atoms with Gasteiger partial charge in [-0.3, -0.25) is 4.21 Å². The van der Waals surface area contributed by atoms with Crippen molar-refractivity contribution in [3.05, 3.63) is 54.4 Å². The summed E-state index contributed by atoms with van der Waals surface area (Å²) < 4.78 is 13.2. The molecule has 0 spiro atoms. The van der Waals surface area contributed by atoms with Crippen molar-refractivity contribution in [2.24, 2.45) is 0 Å². The van der Waals surface area contributed by atoms with Crippen molar-refractivity contribution in [2.45, 2.75) is 25.5 Å². The van der Waals surface area contributed by atoms with E-state index in [4.69, 9.17) is 5.73 Å². The minimum Gasteiger partial charge on any atom is -0.383 e. The van der Waals surface area contributed by atoms with Crippen LogP contribution >= 0.6 is 0 Å². The Balaban J connectivity index is 0.00000100. The van der Waals surface area contributed by atoms with Gasteiger partial charge in [0.15, 0.2) is 0 Å². The third-order valence-corrected chi connectivity index (χ3v) is 3.93. The summed E-state index contributed by atoms with van der Waals surface area (Å²) in [7, 11) is -1.23. The lowest BCUT2D eigenvalue weighted by Crippen LogP contribution is -2.06. The molecule has 0 saturated carbocycles. The van der Waals surface area contributed by atoms with Crippen molar-refractivity contribution in [1.29, 1.82) is 0 Å². The maximum Gasteiger partial charge on any atom is 0.218 e. The summed E-state index contributed by atoms with van der Waals surface area (Å²) in [5, 5.41) is 4.60. The van der Waals surface area contributed by atoms with Crippen LogP contribution in [0.2, 0.25) is 0 Å². The summed E-state index contributed by atoms with van der Waals surface area (Å²) in [4.78, 5) is 8.27. The molecule has 3 aromatic rings. The Morgan fingerprint density at radius 1 is 1.17 bits per heavy atom. The molecule has 0 radical (unpaired) electrons. The van der Waals surface area contributed by atoms with Crippen LogP contribution in [0.15, 0.2) is 53.9 Å². The normalized spacial score (nSPS) is 11.5. The Bertz CT molecular complexity index is 817. The second-order valence-electron chi connectivity index (χ2n) is 4.77. The molecule has 0 aliphatic rings. The van der Waals surface area contributed by atoms with Gasteiger partial charge in [0.1, 0.15) is 5.82 Å². The first kappa shape index (κ1) is 17.8. The van der Waals surface area contributed by atoms with Crippen LogP contribution in [0.1, 0.15) is 19.4 Å². The first-order valence-corrected chi connectivity index (χ1v) is 9.23. The number of hydrogen-bond donors (Lipinski definition) is 1. The topological polar surface area (TPSA) is 86.7 Å². The van der Waals surface area contributed by atoms with E-state index in [-0.39, 0.29) is 5.16 Å². The molecule has 2 heterocycles. The predicted molar refractivity (Wildman–Crippen MR) is 96.9 cm³/mol. The van der Waals surface area contributed by atoms with Gasteiger partial charge in [-0.2, -0.15) is 5.10 Å². The second kappa shape index (κ2) is 8.35. The zero-order chi connectivity index (χ0) is 17.5. The van der Waals surface area contributed by atoms with Gasteiger partial charge in [0.25, 0.3) is 0 Å². The Labute approximate surface area is 144 Å². The molecule has 6 nitrogen and oxygen atoms in total. The lowest BCUT2D eigenvalue weighted by molar-refractivity contribution is 0.680. The van der Waals surface area contributed by atoms with E-state index >= 15 is 0 Å². The minimum absolute atomic E-state index is 0.285. The Kier molecular flexibility index (Phi) is 6.20. The summed E-state index contributed by atoms with van der Waals surface area (Å²) in [5.41, 5.74) is 8.62. The van der Waals surface area contributed by atoms with Crippen LogP contribution in [0.3, 0.4) is 0 Å². The van der Waals surface area contributed by atoms with Crippen LogP contribution in [0.5, 0.6) is 0 Å². The molecule has 24 heavy (non-hydrogen) atoms. The van der Waals surface area contributed by atoms with Gasteiger partial charge in [-0.15, -0.1) is 0 Å². The van der Waals surface area contributed by atoms with Gasteiger partial charge in [0.05, 0.1) is 34.8 Å². The highest BCUT2D eigenvalue weighted by atomic mass is 32.2. The molecule has 3 rings (SSSR count). The number of rotatable bonds is 4. The molecular weight excluding hydrogens is 322 g/mol. The first-order chi connectivity index (χ1) is 11.6. The third kappa shape index (κ3) is 4.05. The predicted octanol–water partition coefficient (Wildman–Crippen LogP) is 2.73. The molecular formula is C17H21N5OS. The summed E-state index contributed by atoms with van der Waals surface area (Å²) in [6.07, 6.45) is 4.79. The molecule has 2 aromatic heterocycles. The van der Waals surface area contributed by atoms with E-state index in [0.717, 1.165) is 5.56 Å². The minimum atomic E-state index is -1.23. The molecule has 0 aliphatic carbocycles. The highest BCUT2D eigenvalue weighted by Crippen LogP contribution is 2.24. The van der Waals surface area contributed by atoms with Gasteiger partial charge < -0.3 is 5.73 Å². The van der Waals surface area contributed by atoms with Crippen molar-refractivity contribution < 1.29 is 4.21 Å². The molecule has 0 fully saturated rings. The molecule has 1 aromatic carbocycles. The molecule has 7 heteroatoms. The summed E-state index contributed by atoms with van der Waals surface area (Å²) in [6.45, 7) is 4.59. The highest BCUT2D eigenvalue weighted by Gasteiger charge is 2.13. The molecule has 126 valence electrons. The van der Waals surface area contributed by atoms with Crippen molar-refractivity contribution >= 4 is 16.6 Å². The van der Waals surface area contributed by atoms with Crippen LogP contribution in [-0.4, -0.2) is 30.2 Å². The zero-order valence-corrected chi connectivity index (χ0v) is 14.8. The number of hydrogen-bond acceptors (Lipinski definition) is 5. The Morgan fingerprint density at radius 2 is 1.88 bits per heavy atom. The van der Waals surface area contributed by atoms with Gasteiger partial charge in [-0.1, -0.05) is 44.2 Å². The average Bonchev–Trinajstić information content (AvgIpc) is 2.98. The van der Waals surface area contributed by atoms with Crippen molar-refractivity contribution in [3.63, 3.8) is 0 Å². The van der Waals surface area contributed by atoms with E-state index in [1.165, 1.54) is 0 Å². The largest absolute Gasteiger partial charge is 0.383 e. The van der Waals surface area contributed by atoms with Crippen molar-refractivity contribution in [3.8, 4) is 11.3 Å². The van der Waals surface area contributed by atoms with E-state index in [0.29, 0.717) is 23.6 Å². The SMILES string of the molecule is CC.CS(=O)c1nccc(-c2cnn(Cc3ccccc3)c2N)n1. The fraction of sp³-hybridized carbons (Fsp3) is 0.235. The van der Waals surface area contributed by atoms with Gasteiger partial charge in [0.2, 0.25) is 5.16 Å². The summed E-state index contributed by atoms with van der Waals surface area (Å²) in [6, 6.07) is 11.7. The number of benzene rings is 1. The maximum absolute atomic E-state index is 11.5.